The molecular formula is C14H25BrN2O4. The first kappa shape index (κ1) is 18.2. The number of halogens is 1. The van der Waals surface area contributed by atoms with Crippen LogP contribution >= 0.6 is 15.9 Å². The first-order valence-electron chi connectivity index (χ1n) is 7.67. The van der Waals surface area contributed by atoms with Crippen molar-refractivity contribution in [3.63, 3.8) is 0 Å². The lowest BCUT2D eigenvalue weighted by Crippen LogP contribution is -2.49. The monoisotopic (exact) mass is 364 g/mol. The summed E-state index contributed by atoms with van der Waals surface area (Å²) in [5, 5.41) is 20.5. The average molecular weight is 365 g/mol. The van der Waals surface area contributed by atoms with E-state index in [4.69, 9.17) is 0 Å². The Kier molecular flexibility index (Phi) is 7.42. The fourth-order valence-electron chi connectivity index (χ4n) is 2.82. The van der Waals surface area contributed by atoms with Gasteiger partial charge in [-0.1, -0.05) is 44.9 Å². The second kappa shape index (κ2) is 8.56. The highest BCUT2D eigenvalue weighted by Gasteiger charge is 2.39. The zero-order chi connectivity index (χ0) is 15.9. The van der Waals surface area contributed by atoms with Crippen molar-refractivity contribution < 1.29 is 14.8 Å². The van der Waals surface area contributed by atoms with Gasteiger partial charge in [-0.05, 0) is 12.8 Å². The summed E-state index contributed by atoms with van der Waals surface area (Å²) in [6.07, 6.45) is 8.40. The molecule has 21 heavy (non-hydrogen) atoms. The van der Waals surface area contributed by atoms with E-state index < -0.39 is 15.5 Å². The Morgan fingerprint density at radius 1 is 1.24 bits per heavy atom. The number of nitrogens with zero attached hydrogens (tertiary/aromatic N) is 2. The Morgan fingerprint density at radius 2 is 1.67 bits per heavy atom. The van der Waals surface area contributed by atoms with Gasteiger partial charge in [0.2, 0.25) is 0 Å². The summed E-state index contributed by atoms with van der Waals surface area (Å²) in [4.78, 5) is 23.4. The van der Waals surface area contributed by atoms with Crippen LogP contribution in [-0.4, -0.2) is 38.1 Å². The molecule has 0 radical (unpaired) electrons. The Hall–Kier alpha value is -0.850. The van der Waals surface area contributed by atoms with Crippen LogP contribution in [0.4, 0.5) is 4.79 Å². The molecule has 1 rings (SSSR count). The molecule has 1 unspecified atom stereocenters. The third-order valence-electron chi connectivity index (χ3n) is 4.10. The fourth-order valence-corrected chi connectivity index (χ4v) is 3.09. The summed E-state index contributed by atoms with van der Waals surface area (Å²) in [5.41, 5.74) is 0. The van der Waals surface area contributed by atoms with E-state index >= 15 is 0 Å². The molecular weight excluding hydrogens is 340 g/mol. The molecule has 122 valence electrons. The highest BCUT2D eigenvalue weighted by atomic mass is 79.9. The normalized spacial score (nSPS) is 21.2. The van der Waals surface area contributed by atoms with Gasteiger partial charge >= 0.3 is 6.09 Å². The van der Waals surface area contributed by atoms with Crippen molar-refractivity contribution >= 4 is 22.0 Å². The minimum Gasteiger partial charge on any atom is -0.465 e. The summed E-state index contributed by atoms with van der Waals surface area (Å²) in [6.45, 7) is 1.28. The number of carbonyl (C=O) groups is 1. The molecule has 1 aliphatic carbocycles. The van der Waals surface area contributed by atoms with Crippen LogP contribution in [0.1, 0.15) is 64.7 Å². The first-order valence-corrected chi connectivity index (χ1v) is 8.47. The molecule has 0 bridgehead atoms. The Labute approximate surface area is 134 Å². The summed E-state index contributed by atoms with van der Waals surface area (Å²) < 4.78 is -1.43. The van der Waals surface area contributed by atoms with Crippen LogP contribution in [0.5, 0.6) is 0 Å². The topological polar surface area (TPSA) is 83.7 Å². The summed E-state index contributed by atoms with van der Waals surface area (Å²) >= 11 is 3.04. The van der Waals surface area contributed by atoms with Gasteiger partial charge in [0.05, 0.1) is 0 Å². The SMILES string of the molecule is CC(Br)(CN(C(=O)O)C1CCCCCCCCC1)[N+](=O)[O-]. The first-order chi connectivity index (χ1) is 9.84. The molecule has 0 aromatic heterocycles. The average Bonchev–Trinajstić information content (AvgIpc) is 2.42. The van der Waals surface area contributed by atoms with Crippen LogP contribution in [0.15, 0.2) is 0 Å². The van der Waals surface area contributed by atoms with Gasteiger partial charge in [0.15, 0.2) is 0 Å². The summed E-state index contributed by atoms with van der Waals surface area (Å²) in [5.74, 6) is 0. The lowest BCUT2D eigenvalue weighted by Gasteiger charge is -2.32. The largest absolute Gasteiger partial charge is 0.465 e. The van der Waals surface area contributed by atoms with Crippen molar-refractivity contribution in [1.82, 2.24) is 4.90 Å². The lowest BCUT2D eigenvalue weighted by atomic mass is 9.96. The van der Waals surface area contributed by atoms with E-state index in [9.17, 15) is 20.0 Å². The van der Waals surface area contributed by atoms with Gasteiger partial charge in [0.1, 0.15) is 6.54 Å². The molecule has 1 N–H and O–H groups in total. The summed E-state index contributed by atoms with van der Waals surface area (Å²) in [7, 11) is 0. The molecule has 1 atom stereocenters. The molecule has 0 aromatic carbocycles. The Bertz CT molecular complexity index is 353. The molecule has 6 nitrogen and oxygen atoms in total. The molecule has 0 aliphatic heterocycles. The number of nitro groups is 1. The second-order valence-electron chi connectivity index (χ2n) is 6.02. The molecule has 1 aliphatic rings. The minimum absolute atomic E-state index is 0.113. The number of hydrogen-bond donors (Lipinski definition) is 1. The Balaban J connectivity index is 2.75. The quantitative estimate of drug-likeness (QED) is 0.349. The maximum absolute atomic E-state index is 11.5. The lowest BCUT2D eigenvalue weighted by molar-refractivity contribution is -0.531. The van der Waals surface area contributed by atoms with E-state index in [1.165, 1.54) is 31.1 Å². The van der Waals surface area contributed by atoms with Crippen LogP contribution in [0, 0.1) is 10.1 Å². The summed E-state index contributed by atoms with van der Waals surface area (Å²) in [6, 6.07) is -0.113. The van der Waals surface area contributed by atoms with Crippen molar-refractivity contribution in [2.45, 2.75) is 75.2 Å². The minimum atomic E-state index is -1.43. The van der Waals surface area contributed by atoms with Crippen LogP contribution in [0.25, 0.3) is 0 Å². The van der Waals surface area contributed by atoms with Gasteiger partial charge in [-0.2, -0.15) is 0 Å². The molecule has 0 saturated heterocycles. The van der Waals surface area contributed by atoms with Crippen LogP contribution in [0.3, 0.4) is 0 Å². The number of rotatable bonds is 4. The smallest absolute Gasteiger partial charge is 0.407 e. The van der Waals surface area contributed by atoms with E-state index in [1.807, 2.05) is 0 Å². The Morgan fingerprint density at radius 3 is 2.05 bits per heavy atom. The van der Waals surface area contributed by atoms with Gasteiger partial charge in [-0.15, -0.1) is 0 Å². The van der Waals surface area contributed by atoms with Gasteiger partial charge in [0, 0.05) is 33.8 Å². The maximum atomic E-state index is 11.5. The van der Waals surface area contributed by atoms with Crippen molar-refractivity contribution in [3.05, 3.63) is 10.1 Å². The van der Waals surface area contributed by atoms with Crippen LogP contribution in [-0.2, 0) is 0 Å². The second-order valence-corrected chi connectivity index (χ2v) is 7.72. The van der Waals surface area contributed by atoms with Crippen molar-refractivity contribution in [2.75, 3.05) is 6.54 Å². The van der Waals surface area contributed by atoms with Gasteiger partial charge in [-0.3, -0.25) is 15.0 Å². The van der Waals surface area contributed by atoms with E-state index in [1.54, 1.807) is 0 Å². The van der Waals surface area contributed by atoms with E-state index in [-0.39, 0.29) is 12.6 Å². The number of hydrogen-bond acceptors (Lipinski definition) is 3. The van der Waals surface area contributed by atoms with E-state index in [0.29, 0.717) is 0 Å². The van der Waals surface area contributed by atoms with Crippen LogP contribution < -0.4 is 0 Å². The number of carboxylic acid groups (broad SMARTS) is 1. The van der Waals surface area contributed by atoms with Gasteiger partial charge in [-0.25, -0.2) is 4.79 Å². The van der Waals surface area contributed by atoms with Crippen molar-refractivity contribution in [2.24, 2.45) is 0 Å². The molecule has 0 aromatic rings. The van der Waals surface area contributed by atoms with Gasteiger partial charge < -0.3 is 5.11 Å². The predicted molar refractivity (Wildman–Crippen MR) is 84.4 cm³/mol. The molecule has 7 heteroatoms. The van der Waals surface area contributed by atoms with Crippen LogP contribution in [0.2, 0.25) is 0 Å². The highest BCUT2D eigenvalue weighted by Crippen LogP contribution is 2.26. The maximum Gasteiger partial charge on any atom is 0.407 e. The molecule has 0 spiro atoms. The number of alkyl halides is 1. The zero-order valence-electron chi connectivity index (χ0n) is 12.6. The van der Waals surface area contributed by atoms with Crippen molar-refractivity contribution in [1.29, 1.82) is 0 Å². The molecule has 1 fully saturated rings. The van der Waals surface area contributed by atoms with E-state index in [0.717, 1.165) is 38.5 Å². The third kappa shape index (κ3) is 6.20. The third-order valence-corrected chi connectivity index (χ3v) is 4.64. The van der Waals surface area contributed by atoms with E-state index in [2.05, 4.69) is 15.9 Å². The highest BCUT2D eigenvalue weighted by molar-refractivity contribution is 9.10. The molecule has 1 saturated carbocycles. The van der Waals surface area contributed by atoms with Gasteiger partial charge in [0.25, 0.3) is 4.45 Å². The number of amides is 1. The zero-order valence-corrected chi connectivity index (χ0v) is 14.2. The standard InChI is InChI=1S/C14H25BrN2O4/c1-14(15,17(20)21)11-16(13(18)19)12-9-7-5-3-2-4-6-8-10-12/h12H,2-11H2,1H3,(H,18,19). The van der Waals surface area contributed by atoms with Crippen molar-refractivity contribution in [3.8, 4) is 0 Å². The predicted octanol–water partition coefficient (Wildman–Crippen LogP) is 4.25. The molecule has 1 amide bonds. The molecule has 0 heterocycles. The fraction of sp³-hybridized carbons (Fsp3) is 0.929.